The van der Waals surface area contributed by atoms with Crippen LogP contribution in [0.4, 0.5) is 10.5 Å². The molecule has 0 amide bonds. The molecule has 0 saturated carbocycles. The van der Waals surface area contributed by atoms with Gasteiger partial charge in [-0.3, -0.25) is 0 Å². The Kier molecular flexibility index (Phi) is 4.87. The fourth-order valence-electron chi connectivity index (χ4n) is 3.06. The molecule has 7 nitrogen and oxygen atoms in total. The van der Waals surface area contributed by atoms with Gasteiger partial charge in [-0.2, -0.15) is 0 Å². The average molecular weight is 402 g/mol. The van der Waals surface area contributed by atoms with Gasteiger partial charge >= 0.3 is 6.09 Å². The van der Waals surface area contributed by atoms with E-state index in [-0.39, 0.29) is 0 Å². The van der Waals surface area contributed by atoms with Gasteiger partial charge in [0.1, 0.15) is 17.0 Å². The maximum atomic E-state index is 12.6. The van der Waals surface area contributed by atoms with E-state index in [4.69, 9.17) is 15.2 Å². The van der Waals surface area contributed by atoms with Crippen LogP contribution in [0.3, 0.4) is 0 Å². The zero-order valence-corrected chi connectivity index (χ0v) is 17.0. The van der Waals surface area contributed by atoms with Crippen molar-refractivity contribution in [2.45, 2.75) is 26.4 Å². The number of aromatic nitrogens is 3. The van der Waals surface area contributed by atoms with Gasteiger partial charge in [-0.05, 0) is 74.9 Å². The van der Waals surface area contributed by atoms with E-state index in [0.29, 0.717) is 23.0 Å². The summed E-state index contributed by atoms with van der Waals surface area (Å²) < 4.78 is 12.9. The Labute approximate surface area is 174 Å². The molecular formula is C23H22N4O3. The highest BCUT2D eigenvalue weighted by Gasteiger charge is 2.21. The quantitative estimate of drug-likeness (QED) is 0.470. The van der Waals surface area contributed by atoms with Crippen molar-refractivity contribution in [3.63, 3.8) is 0 Å². The van der Waals surface area contributed by atoms with Gasteiger partial charge < -0.3 is 15.2 Å². The molecule has 4 rings (SSSR count). The first-order chi connectivity index (χ1) is 14.3. The van der Waals surface area contributed by atoms with Crippen molar-refractivity contribution >= 4 is 22.8 Å². The third kappa shape index (κ3) is 3.96. The molecule has 0 spiro atoms. The Morgan fingerprint density at radius 3 is 2.47 bits per heavy atom. The van der Waals surface area contributed by atoms with Crippen LogP contribution in [0.25, 0.3) is 22.2 Å². The zero-order chi connectivity index (χ0) is 21.3. The summed E-state index contributed by atoms with van der Waals surface area (Å²) in [4.78, 5) is 21.4. The summed E-state index contributed by atoms with van der Waals surface area (Å²) in [5.41, 5.74) is 7.94. The second-order valence-electron chi connectivity index (χ2n) is 7.79. The molecule has 3 aromatic heterocycles. The predicted molar refractivity (Wildman–Crippen MR) is 116 cm³/mol. The molecule has 0 aliphatic carbocycles. The van der Waals surface area contributed by atoms with Crippen LogP contribution < -0.4 is 10.5 Å². The number of benzene rings is 1. The van der Waals surface area contributed by atoms with Crippen molar-refractivity contribution in [1.82, 2.24) is 14.5 Å². The number of hydrogen-bond donors (Lipinski definition) is 1. The summed E-state index contributed by atoms with van der Waals surface area (Å²) in [6, 6.07) is 14.6. The van der Waals surface area contributed by atoms with E-state index in [2.05, 4.69) is 9.97 Å². The van der Waals surface area contributed by atoms with E-state index in [9.17, 15) is 4.79 Å². The van der Waals surface area contributed by atoms with E-state index in [1.165, 1.54) is 4.57 Å². The fraction of sp³-hybridized carbons (Fsp3) is 0.174. The lowest BCUT2D eigenvalue weighted by atomic mass is 10.1. The molecule has 7 heteroatoms. The van der Waals surface area contributed by atoms with Crippen molar-refractivity contribution in [1.29, 1.82) is 0 Å². The highest BCUT2D eigenvalue weighted by molar-refractivity contribution is 5.98. The Morgan fingerprint density at radius 2 is 1.73 bits per heavy atom. The molecule has 0 radical (unpaired) electrons. The molecule has 0 fully saturated rings. The number of anilines is 1. The van der Waals surface area contributed by atoms with Crippen LogP contribution in [0, 0.1) is 0 Å². The molecule has 1 aromatic carbocycles. The Morgan fingerprint density at radius 1 is 0.967 bits per heavy atom. The number of hydrogen-bond acceptors (Lipinski definition) is 6. The lowest BCUT2D eigenvalue weighted by Gasteiger charge is -2.19. The second-order valence-corrected chi connectivity index (χ2v) is 7.79. The lowest BCUT2D eigenvalue weighted by molar-refractivity contribution is 0.0543. The van der Waals surface area contributed by atoms with Gasteiger partial charge in [-0.25, -0.2) is 19.3 Å². The summed E-state index contributed by atoms with van der Waals surface area (Å²) in [5.74, 6) is 1.07. The first-order valence-electron chi connectivity index (χ1n) is 9.50. The first-order valence-corrected chi connectivity index (χ1v) is 9.50. The van der Waals surface area contributed by atoms with E-state index in [0.717, 1.165) is 16.5 Å². The highest BCUT2D eigenvalue weighted by atomic mass is 16.6. The van der Waals surface area contributed by atoms with E-state index < -0.39 is 11.7 Å². The fourth-order valence-corrected chi connectivity index (χ4v) is 3.06. The first kappa shape index (κ1) is 19.4. The zero-order valence-electron chi connectivity index (χ0n) is 17.0. The lowest BCUT2D eigenvalue weighted by Crippen LogP contribution is -2.26. The van der Waals surface area contributed by atoms with Crippen molar-refractivity contribution in [2.24, 2.45) is 0 Å². The average Bonchev–Trinajstić information content (AvgIpc) is 3.13. The maximum Gasteiger partial charge on any atom is 0.420 e. The minimum absolute atomic E-state index is 0.444. The van der Waals surface area contributed by atoms with Crippen LogP contribution in [-0.2, 0) is 4.74 Å². The van der Waals surface area contributed by atoms with Gasteiger partial charge in [-0.1, -0.05) is 0 Å². The number of carbonyl (C=O) groups is 1. The van der Waals surface area contributed by atoms with E-state index >= 15 is 0 Å². The SMILES string of the molecule is CC(C)(C)OC(=O)n1ccc2c(-c3cccnc3Oc3ccc(N)cc3)ccnc21. The van der Waals surface area contributed by atoms with Crippen molar-refractivity contribution in [3.05, 3.63) is 67.1 Å². The van der Waals surface area contributed by atoms with Gasteiger partial charge in [0.05, 0.1) is 0 Å². The van der Waals surface area contributed by atoms with Gasteiger partial charge in [-0.15, -0.1) is 0 Å². The Balaban J connectivity index is 1.76. The van der Waals surface area contributed by atoms with Gasteiger partial charge in [0.25, 0.3) is 0 Å². The van der Waals surface area contributed by atoms with Crippen LogP contribution in [0.1, 0.15) is 20.8 Å². The number of nitrogens with zero attached hydrogens (tertiary/aromatic N) is 3. The Bertz CT molecular complexity index is 1210. The molecule has 0 aliphatic heterocycles. The number of ether oxygens (including phenoxy) is 2. The normalized spacial score (nSPS) is 11.4. The summed E-state index contributed by atoms with van der Waals surface area (Å²) >= 11 is 0. The summed E-state index contributed by atoms with van der Waals surface area (Å²) in [7, 11) is 0. The van der Waals surface area contributed by atoms with Crippen molar-refractivity contribution in [2.75, 3.05) is 5.73 Å². The number of nitrogen functional groups attached to an aromatic ring is 1. The summed E-state index contributed by atoms with van der Waals surface area (Å²) in [5, 5.41) is 0.790. The molecule has 0 saturated heterocycles. The van der Waals surface area contributed by atoms with Crippen LogP contribution in [0.15, 0.2) is 67.1 Å². The Hall–Kier alpha value is -3.87. The van der Waals surface area contributed by atoms with E-state index in [1.807, 2.05) is 45.0 Å². The molecular weight excluding hydrogens is 380 g/mol. The molecule has 0 bridgehead atoms. The number of rotatable bonds is 3. The molecule has 0 unspecified atom stereocenters. The van der Waals surface area contributed by atoms with Crippen LogP contribution in [-0.4, -0.2) is 26.2 Å². The third-order valence-corrected chi connectivity index (χ3v) is 4.33. The molecule has 2 N–H and O–H groups in total. The van der Waals surface area contributed by atoms with E-state index in [1.54, 1.807) is 42.9 Å². The molecule has 0 atom stereocenters. The number of pyridine rings is 2. The predicted octanol–water partition coefficient (Wildman–Crippen LogP) is 5.26. The molecule has 30 heavy (non-hydrogen) atoms. The van der Waals surface area contributed by atoms with Crippen LogP contribution in [0.5, 0.6) is 11.6 Å². The van der Waals surface area contributed by atoms with Gasteiger partial charge in [0.15, 0.2) is 0 Å². The largest absolute Gasteiger partial charge is 0.443 e. The van der Waals surface area contributed by atoms with Crippen molar-refractivity contribution in [3.8, 4) is 22.8 Å². The second kappa shape index (κ2) is 7.51. The number of fused-ring (bicyclic) bond motifs is 1. The van der Waals surface area contributed by atoms with Crippen LogP contribution >= 0.6 is 0 Å². The molecule has 4 aromatic rings. The standard InChI is InChI=1S/C23H22N4O3/c1-23(2,3)30-22(28)27-14-11-18-17(10-13-25-20(18)27)19-5-4-12-26-21(19)29-16-8-6-15(24)7-9-16/h4-14H,24H2,1-3H3. The number of nitrogens with two attached hydrogens (primary N) is 1. The topological polar surface area (TPSA) is 92.3 Å². The molecule has 0 aliphatic rings. The monoisotopic (exact) mass is 402 g/mol. The van der Waals surface area contributed by atoms with Crippen molar-refractivity contribution < 1.29 is 14.3 Å². The molecule has 152 valence electrons. The van der Waals surface area contributed by atoms with Gasteiger partial charge in [0.2, 0.25) is 5.88 Å². The molecule has 3 heterocycles. The third-order valence-electron chi connectivity index (χ3n) is 4.33. The number of carbonyl (C=O) groups excluding carboxylic acids is 1. The smallest absolute Gasteiger partial charge is 0.420 e. The summed E-state index contributed by atoms with van der Waals surface area (Å²) in [6.45, 7) is 5.48. The minimum Gasteiger partial charge on any atom is -0.443 e. The van der Waals surface area contributed by atoms with Gasteiger partial charge in [0, 0.05) is 35.2 Å². The maximum absolute atomic E-state index is 12.6. The van der Waals surface area contributed by atoms with Crippen LogP contribution in [0.2, 0.25) is 0 Å². The summed E-state index contributed by atoms with van der Waals surface area (Å²) in [6.07, 6.45) is 4.50. The minimum atomic E-state index is -0.602. The highest BCUT2D eigenvalue weighted by Crippen LogP contribution is 2.35.